The van der Waals surface area contributed by atoms with Gasteiger partial charge in [-0.25, -0.2) is 9.37 Å². The topological polar surface area (TPSA) is 35.1 Å². The number of aryl methyl sites for hydroxylation is 2. The number of rotatable bonds is 2. The van der Waals surface area contributed by atoms with Crippen molar-refractivity contribution in [3.8, 4) is 0 Å². The van der Waals surface area contributed by atoms with Crippen LogP contribution in [0.15, 0.2) is 29.3 Å². The highest BCUT2D eigenvalue weighted by atomic mass is 79.9. The van der Waals surface area contributed by atoms with E-state index in [4.69, 9.17) is 0 Å². The quantitative estimate of drug-likeness (QED) is 0.727. The van der Waals surface area contributed by atoms with Crippen molar-refractivity contribution in [1.82, 2.24) is 19.2 Å². The van der Waals surface area contributed by atoms with Crippen LogP contribution in [-0.4, -0.2) is 19.2 Å². The highest BCUT2D eigenvalue weighted by Gasteiger charge is 2.10. The normalized spacial score (nSPS) is 11.4. The zero-order valence-electron chi connectivity index (χ0n) is 10.6. The number of imidazole rings is 1. The second-order valence-corrected chi connectivity index (χ2v) is 5.35. The average Bonchev–Trinajstić information content (AvgIpc) is 2.83. The number of pyridine rings is 1. The number of aromatic nitrogens is 4. The first-order chi connectivity index (χ1) is 9.02. The number of nitrogens with zero attached hydrogens (tertiary/aromatic N) is 4. The molecule has 0 unspecified atom stereocenters. The van der Waals surface area contributed by atoms with E-state index in [0.717, 1.165) is 15.9 Å². The molecule has 0 saturated heterocycles. The summed E-state index contributed by atoms with van der Waals surface area (Å²) in [5.74, 6) is -0.229. The van der Waals surface area contributed by atoms with E-state index in [9.17, 15) is 4.39 Å². The Bertz CT molecular complexity index is 720. The van der Waals surface area contributed by atoms with E-state index >= 15 is 0 Å². The molecule has 0 spiro atoms. The van der Waals surface area contributed by atoms with Crippen molar-refractivity contribution in [2.75, 3.05) is 0 Å². The van der Waals surface area contributed by atoms with Crippen molar-refractivity contribution >= 4 is 21.6 Å². The molecule has 0 amide bonds. The summed E-state index contributed by atoms with van der Waals surface area (Å²) in [7, 11) is 1.87. The molecule has 98 valence electrons. The number of hydrogen-bond donors (Lipinski definition) is 0. The molecule has 3 heterocycles. The number of fused-ring (bicyclic) bond motifs is 1. The van der Waals surface area contributed by atoms with Gasteiger partial charge in [0.2, 0.25) is 0 Å². The van der Waals surface area contributed by atoms with Crippen LogP contribution in [0, 0.1) is 12.7 Å². The molecular formula is C13H12BrFN4. The summed E-state index contributed by atoms with van der Waals surface area (Å²) < 4.78 is 17.9. The van der Waals surface area contributed by atoms with Crippen LogP contribution in [0.25, 0.3) is 5.65 Å². The molecule has 0 radical (unpaired) electrons. The molecule has 0 aliphatic rings. The van der Waals surface area contributed by atoms with E-state index in [1.54, 1.807) is 17.8 Å². The Morgan fingerprint density at radius 3 is 2.79 bits per heavy atom. The predicted octanol–water partition coefficient (Wildman–Crippen LogP) is 2.87. The van der Waals surface area contributed by atoms with E-state index in [1.807, 2.05) is 23.8 Å². The monoisotopic (exact) mass is 322 g/mol. The van der Waals surface area contributed by atoms with E-state index in [0.29, 0.717) is 17.6 Å². The minimum Gasteiger partial charge on any atom is -0.306 e. The summed E-state index contributed by atoms with van der Waals surface area (Å²) in [6.07, 6.45) is 6.28. The predicted molar refractivity (Wildman–Crippen MR) is 73.6 cm³/mol. The van der Waals surface area contributed by atoms with Crippen LogP contribution in [0.2, 0.25) is 0 Å². The van der Waals surface area contributed by atoms with E-state index in [-0.39, 0.29) is 5.82 Å². The van der Waals surface area contributed by atoms with Gasteiger partial charge in [-0.15, -0.1) is 0 Å². The fourth-order valence-electron chi connectivity index (χ4n) is 2.08. The molecule has 0 N–H and O–H groups in total. The van der Waals surface area contributed by atoms with Gasteiger partial charge < -0.3 is 4.40 Å². The maximum Gasteiger partial charge on any atom is 0.139 e. The van der Waals surface area contributed by atoms with Crippen molar-refractivity contribution in [2.45, 2.75) is 13.3 Å². The standard InChI is InChI=1S/C13H12BrFN4/c1-8-5-19-7-10(16-12(19)4-11(8)15)3-9-6-18(2)17-13(9)14/h4-7H,3H2,1-2H3. The van der Waals surface area contributed by atoms with Crippen molar-refractivity contribution in [3.05, 3.63) is 51.9 Å². The average molecular weight is 323 g/mol. The SMILES string of the molecule is Cc1cn2cc(Cc3cn(C)nc3Br)nc2cc1F. The van der Waals surface area contributed by atoms with Gasteiger partial charge in [-0.3, -0.25) is 4.68 Å². The molecule has 19 heavy (non-hydrogen) atoms. The van der Waals surface area contributed by atoms with Crippen LogP contribution in [0.1, 0.15) is 16.8 Å². The summed E-state index contributed by atoms with van der Waals surface area (Å²) in [4.78, 5) is 4.43. The lowest BCUT2D eigenvalue weighted by Gasteiger charge is -1.96. The Morgan fingerprint density at radius 1 is 1.32 bits per heavy atom. The van der Waals surface area contributed by atoms with Gasteiger partial charge in [0.25, 0.3) is 0 Å². The summed E-state index contributed by atoms with van der Waals surface area (Å²) in [5, 5.41) is 4.23. The van der Waals surface area contributed by atoms with Crippen molar-refractivity contribution in [1.29, 1.82) is 0 Å². The molecular weight excluding hydrogens is 311 g/mol. The van der Waals surface area contributed by atoms with Gasteiger partial charge in [0.1, 0.15) is 16.1 Å². The fraction of sp³-hybridized carbons (Fsp3) is 0.231. The molecule has 3 aromatic heterocycles. The molecule has 3 rings (SSSR count). The second-order valence-electron chi connectivity index (χ2n) is 4.60. The summed E-state index contributed by atoms with van der Waals surface area (Å²) in [5.41, 5.74) is 3.18. The molecule has 0 aliphatic heterocycles. The van der Waals surface area contributed by atoms with Gasteiger partial charge in [0.15, 0.2) is 0 Å². The largest absolute Gasteiger partial charge is 0.306 e. The highest BCUT2D eigenvalue weighted by Crippen LogP contribution is 2.19. The Hall–Kier alpha value is -1.69. The zero-order chi connectivity index (χ0) is 13.6. The summed E-state index contributed by atoms with van der Waals surface area (Å²) >= 11 is 3.42. The molecule has 0 bridgehead atoms. The molecule has 0 atom stereocenters. The van der Waals surface area contributed by atoms with Crippen LogP contribution >= 0.6 is 15.9 Å². The van der Waals surface area contributed by atoms with Gasteiger partial charge in [0, 0.05) is 49.3 Å². The lowest BCUT2D eigenvalue weighted by atomic mass is 10.2. The maximum absolute atomic E-state index is 13.5. The second kappa shape index (κ2) is 4.45. The van der Waals surface area contributed by atoms with Crippen LogP contribution in [0.5, 0.6) is 0 Å². The minimum atomic E-state index is -0.229. The van der Waals surface area contributed by atoms with E-state index in [2.05, 4.69) is 26.0 Å². The number of hydrogen-bond acceptors (Lipinski definition) is 2. The van der Waals surface area contributed by atoms with Crippen LogP contribution in [0.3, 0.4) is 0 Å². The van der Waals surface area contributed by atoms with Crippen LogP contribution < -0.4 is 0 Å². The van der Waals surface area contributed by atoms with Gasteiger partial charge in [-0.05, 0) is 22.9 Å². The van der Waals surface area contributed by atoms with Crippen molar-refractivity contribution in [3.63, 3.8) is 0 Å². The van der Waals surface area contributed by atoms with Gasteiger partial charge in [-0.2, -0.15) is 5.10 Å². The lowest BCUT2D eigenvalue weighted by Crippen LogP contribution is -1.88. The molecule has 3 aromatic rings. The van der Waals surface area contributed by atoms with Gasteiger partial charge in [-0.1, -0.05) is 0 Å². The molecule has 4 nitrogen and oxygen atoms in total. The summed E-state index contributed by atoms with van der Waals surface area (Å²) in [6, 6.07) is 1.46. The van der Waals surface area contributed by atoms with Gasteiger partial charge >= 0.3 is 0 Å². The minimum absolute atomic E-state index is 0.229. The third-order valence-corrected chi connectivity index (χ3v) is 3.67. The lowest BCUT2D eigenvalue weighted by molar-refractivity contribution is 0.616. The van der Waals surface area contributed by atoms with Crippen LogP contribution in [0.4, 0.5) is 4.39 Å². The molecule has 0 aromatic carbocycles. The number of halogens is 2. The van der Waals surface area contributed by atoms with E-state index < -0.39 is 0 Å². The molecule has 6 heteroatoms. The van der Waals surface area contributed by atoms with Crippen molar-refractivity contribution < 1.29 is 4.39 Å². The summed E-state index contributed by atoms with van der Waals surface area (Å²) in [6.45, 7) is 1.74. The molecule has 0 fully saturated rings. The first kappa shape index (κ1) is 12.3. The molecule has 0 aliphatic carbocycles. The van der Waals surface area contributed by atoms with E-state index in [1.165, 1.54) is 6.07 Å². The maximum atomic E-state index is 13.5. The zero-order valence-corrected chi connectivity index (χ0v) is 12.1. The fourth-order valence-corrected chi connectivity index (χ4v) is 2.57. The molecule has 0 saturated carbocycles. The first-order valence-corrected chi connectivity index (χ1v) is 6.64. The highest BCUT2D eigenvalue weighted by molar-refractivity contribution is 9.10. The Balaban J connectivity index is 2.00. The van der Waals surface area contributed by atoms with Crippen molar-refractivity contribution in [2.24, 2.45) is 7.05 Å². The van der Waals surface area contributed by atoms with Gasteiger partial charge in [0.05, 0.1) is 5.69 Å². The Kier molecular flexibility index (Phi) is 2.89. The smallest absolute Gasteiger partial charge is 0.139 e. The first-order valence-electron chi connectivity index (χ1n) is 5.84. The third-order valence-electron chi connectivity index (χ3n) is 3.00. The van der Waals surface area contributed by atoms with Crippen LogP contribution in [-0.2, 0) is 13.5 Å². The Morgan fingerprint density at radius 2 is 2.11 bits per heavy atom. The Labute approximate surface area is 118 Å². The third kappa shape index (κ3) is 2.28.